The van der Waals surface area contributed by atoms with Gasteiger partial charge in [-0.05, 0) is 24.7 Å². The van der Waals surface area contributed by atoms with Crippen molar-refractivity contribution in [3.05, 3.63) is 0 Å². The third kappa shape index (κ3) is 11.8. The van der Waals surface area contributed by atoms with E-state index in [4.69, 9.17) is 22.6 Å². The Balaban J connectivity index is 2.75. The van der Waals surface area contributed by atoms with E-state index in [0.29, 0.717) is 25.0 Å². The quantitative estimate of drug-likeness (QED) is 0.195. The molecule has 0 saturated carbocycles. The fourth-order valence-electron chi connectivity index (χ4n) is 3.15. The van der Waals surface area contributed by atoms with Crippen LogP contribution in [-0.2, 0) is 31.7 Å². The van der Waals surface area contributed by atoms with Crippen molar-refractivity contribution in [2.75, 3.05) is 32.8 Å². The summed E-state index contributed by atoms with van der Waals surface area (Å²) in [7, 11) is -7.38. The van der Waals surface area contributed by atoms with Gasteiger partial charge in [0.2, 0.25) is 0 Å². The molecule has 1 heterocycles. The molecule has 0 aromatic carbocycles. The molecule has 1 aliphatic heterocycles. The van der Waals surface area contributed by atoms with Crippen molar-refractivity contribution in [3.63, 3.8) is 0 Å². The van der Waals surface area contributed by atoms with Crippen LogP contribution in [0.3, 0.4) is 0 Å². The zero-order chi connectivity index (χ0) is 23.4. The molecule has 2 unspecified atom stereocenters. The Labute approximate surface area is 190 Å². The molecule has 0 spiro atoms. The molecule has 1 aliphatic rings. The molecule has 0 aliphatic carbocycles. The van der Waals surface area contributed by atoms with Crippen molar-refractivity contribution in [1.29, 1.82) is 0 Å². The van der Waals surface area contributed by atoms with E-state index in [2.05, 4.69) is 27.7 Å². The molecule has 1 fully saturated rings. The van der Waals surface area contributed by atoms with Gasteiger partial charge >= 0.3 is 15.4 Å². The van der Waals surface area contributed by atoms with E-state index in [1.54, 1.807) is 0 Å². The zero-order valence-corrected chi connectivity index (χ0v) is 22.4. The molecule has 0 radical (unpaired) electrons. The lowest BCUT2D eigenvalue weighted by Gasteiger charge is -2.33. The summed E-state index contributed by atoms with van der Waals surface area (Å²) in [5.41, 5.74) is -0.241. The van der Waals surface area contributed by atoms with Crippen molar-refractivity contribution < 1.29 is 31.7 Å². The molecule has 0 aromatic heterocycles. The van der Waals surface area contributed by atoms with Gasteiger partial charge in [-0.2, -0.15) is 0 Å². The molecule has 186 valence electrons. The summed E-state index contributed by atoms with van der Waals surface area (Å²) in [4.78, 5) is 0. The monoisotopic (exact) mass is 484 g/mol. The van der Waals surface area contributed by atoms with Gasteiger partial charge in [-0.3, -0.25) is 18.1 Å². The van der Waals surface area contributed by atoms with Crippen molar-refractivity contribution in [2.24, 2.45) is 17.3 Å². The van der Waals surface area contributed by atoms with Gasteiger partial charge in [-0.25, -0.2) is 4.57 Å². The first-order valence-electron chi connectivity index (χ1n) is 12.0. The SMILES string of the molecule is CCCCC(CC)COP(=O)(COP1(=O)OCC(C)(C)CO1)OCC(CC)CCCC. The zero-order valence-electron chi connectivity index (χ0n) is 20.6. The molecular weight excluding hydrogens is 438 g/mol. The maximum atomic E-state index is 13.5. The van der Waals surface area contributed by atoms with E-state index in [1.165, 1.54) is 0 Å². The Morgan fingerprint density at radius 3 is 1.74 bits per heavy atom. The number of unbranched alkanes of at least 4 members (excludes halogenated alkanes) is 2. The third-order valence-electron chi connectivity index (χ3n) is 5.70. The summed E-state index contributed by atoms with van der Waals surface area (Å²) in [6.45, 7) is 13.6. The van der Waals surface area contributed by atoms with E-state index in [0.717, 1.165) is 51.4 Å². The van der Waals surface area contributed by atoms with E-state index in [-0.39, 0.29) is 18.6 Å². The van der Waals surface area contributed by atoms with Gasteiger partial charge in [0.05, 0.1) is 26.4 Å². The molecule has 9 heteroatoms. The molecule has 7 nitrogen and oxygen atoms in total. The van der Waals surface area contributed by atoms with Gasteiger partial charge in [-0.1, -0.05) is 80.1 Å². The Morgan fingerprint density at radius 2 is 1.35 bits per heavy atom. The third-order valence-corrected chi connectivity index (χ3v) is 8.77. The van der Waals surface area contributed by atoms with Crippen LogP contribution in [0.15, 0.2) is 0 Å². The smallest absolute Gasteiger partial charge is 0.307 e. The minimum absolute atomic E-state index is 0.241. The summed E-state index contributed by atoms with van der Waals surface area (Å²) >= 11 is 0. The Morgan fingerprint density at radius 1 is 0.903 bits per heavy atom. The predicted molar refractivity (Wildman–Crippen MR) is 125 cm³/mol. The number of rotatable bonds is 17. The van der Waals surface area contributed by atoms with Crippen molar-refractivity contribution in [3.8, 4) is 0 Å². The summed E-state index contributed by atoms with van der Waals surface area (Å²) < 4.78 is 54.0. The van der Waals surface area contributed by atoms with E-state index < -0.39 is 21.8 Å². The average Bonchev–Trinajstić information content (AvgIpc) is 2.75. The number of hydrogen-bond donors (Lipinski definition) is 0. The van der Waals surface area contributed by atoms with E-state index in [9.17, 15) is 9.13 Å². The van der Waals surface area contributed by atoms with Gasteiger partial charge in [0, 0.05) is 5.41 Å². The maximum absolute atomic E-state index is 13.5. The number of phosphoric acid groups is 1. The molecule has 0 amide bonds. The fraction of sp³-hybridized carbons (Fsp3) is 1.00. The summed E-state index contributed by atoms with van der Waals surface area (Å²) in [5, 5.41) is 0. The van der Waals surface area contributed by atoms with Gasteiger partial charge in [0.1, 0.15) is 0 Å². The minimum Gasteiger partial charge on any atom is -0.307 e. The number of phosphoric ester groups is 1. The van der Waals surface area contributed by atoms with Crippen LogP contribution in [0.5, 0.6) is 0 Å². The molecule has 1 saturated heterocycles. The predicted octanol–water partition coefficient (Wildman–Crippen LogP) is 7.80. The van der Waals surface area contributed by atoms with E-state index in [1.807, 2.05) is 13.8 Å². The van der Waals surface area contributed by atoms with Gasteiger partial charge in [-0.15, -0.1) is 0 Å². The van der Waals surface area contributed by atoms with Crippen molar-refractivity contribution in [1.82, 2.24) is 0 Å². The summed E-state index contributed by atoms with van der Waals surface area (Å²) in [5.74, 6) is 0.607. The second-order valence-electron chi connectivity index (χ2n) is 9.45. The van der Waals surface area contributed by atoms with Gasteiger partial charge < -0.3 is 9.05 Å². The number of hydrogen-bond acceptors (Lipinski definition) is 7. The highest BCUT2D eigenvalue weighted by atomic mass is 31.2. The highest BCUT2D eigenvalue weighted by molar-refractivity contribution is 7.55. The standard InChI is InChI=1S/C22H46O7P2/c1-7-11-13-20(9-3)15-25-30(23,26-16-21(10-4)14-12-8-2)19-29-31(24)27-17-22(5,6)18-28-31/h20-21H,7-19H2,1-6H3. The van der Waals surface area contributed by atoms with Crippen LogP contribution in [0.25, 0.3) is 0 Å². The van der Waals surface area contributed by atoms with Crippen LogP contribution in [0.1, 0.15) is 92.9 Å². The van der Waals surface area contributed by atoms with Crippen LogP contribution < -0.4 is 0 Å². The normalized spacial score (nSPS) is 22.0. The lowest BCUT2D eigenvalue weighted by molar-refractivity contribution is 0.00337. The molecule has 31 heavy (non-hydrogen) atoms. The van der Waals surface area contributed by atoms with Crippen LogP contribution in [0, 0.1) is 17.3 Å². The lowest BCUT2D eigenvalue weighted by atomic mass is 9.97. The largest absolute Gasteiger partial charge is 0.475 e. The second kappa shape index (κ2) is 14.5. The van der Waals surface area contributed by atoms with E-state index >= 15 is 0 Å². The molecule has 0 aromatic rings. The molecule has 0 bridgehead atoms. The van der Waals surface area contributed by atoms with Crippen LogP contribution >= 0.6 is 15.4 Å². The molecule has 1 rings (SSSR count). The summed E-state index contributed by atoms with van der Waals surface area (Å²) in [6.07, 6.45) is 7.90. The fourth-order valence-corrected chi connectivity index (χ4v) is 6.62. The summed E-state index contributed by atoms with van der Waals surface area (Å²) in [6, 6.07) is 0. The Hall–Kier alpha value is 0.260. The second-order valence-corrected chi connectivity index (χ2v) is 13.1. The average molecular weight is 485 g/mol. The highest BCUT2D eigenvalue weighted by Crippen LogP contribution is 2.59. The van der Waals surface area contributed by atoms with Crippen molar-refractivity contribution in [2.45, 2.75) is 92.9 Å². The van der Waals surface area contributed by atoms with Crippen molar-refractivity contribution >= 4 is 15.4 Å². The first kappa shape index (κ1) is 29.3. The molecular formula is C22H46O7P2. The Bertz CT molecular complexity index is 544. The van der Waals surface area contributed by atoms with Gasteiger partial charge in [0.25, 0.3) is 0 Å². The Kier molecular flexibility index (Phi) is 13.7. The van der Waals surface area contributed by atoms with Gasteiger partial charge in [0.15, 0.2) is 6.35 Å². The topological polar surface area (TPSA) is 80.3 Å². The molecule has 0 N–H and O–H groups in total. The highest BCUT2D eigenvalue weighted by Gasteiger charge is 2.41. The lowest BCUT2D eigenvalue weighted by Crippen LogP contribution is -2.30. The van der Waals surface area contributed by atoms with Crippen LogP contribution in [0.2, 0.25) is 0 Å². The maximum Gasteiger partial charge on any atom is 0.475 e. The van der Waals surface area contributed by atoms with Crippen LogP contribution in [-0.4, -0.2) is 32.8 Å². The van der Waals surface area contributed by atoms with Crippen LogP contribution in [0.4, 0.5) is 0 Å². The molecule has 2 atom stereocenters. The first-order chi connectivity index (χ1) is 14.6. The minimum atomic E-state index is -3.77. The first-order valence-corrected chi connectivity index (χ1v) is 15.2.